The van der Waals surface area contributed by atoms with Gasteiger partial charge in [-0.05, 0) is 30.2 Å². The first-order valence-electron chi connectivity index (χ1n) is 6.06. The third-order valence-electron chi connectivity index (χ3n) is 2.61. The lowest BCUT2D eigenvalue weighted by atomic mass is 10.1. The minimum absolute atomic E-state index is 0.673. The molecule has 1 N–H and O–H groups in total. The second kappa shape index (κ2) is 5.64. The lowest BCUT2D eigenvalue weighted by Gasteiger charge is -2.11. The number of benzene rings is 1. The Balaban J connectivity index is 2.11. The van der Waals surface area contributed by atoms with Crippen molar-refractivity contribution in [3.05, 3.63) is 48.3 Å². The summed E-state index contributed by atoms with van der Waals surface area (Å²) in [5.41, 5.74) is 2.42. The smallest absolute Gasteiger partial charge is 0.0690 e. The summed E-state index contributed by atoms with van der Waals surface area (Å²) in [6.07, 6.45) is 3.78. The van der Waals surface area contributed by atoms with Gasteiger partial charge >= 0.3 is 0 Å². The van der Waals surface area contributed by atoms with Gasteiger partial charge in [-0.25, -0.2) is 4.68 Å². The topological polar surface area (TPSA) is 29.9 Å². The van der Waals surface area contributed by atoms with Crippen molar-refractivity contribution >= 4 is 0 Å². The Labute approximate surface area is 102 Å². The zero-order chi connectivity index (χ0) is 12.1. The third kappa shape index (κ3) is 3.17. The molecule has 0 aliphatic carbocycles. The highest BCUT2D eigenvalue weighted by molar-refractivity contribution is 5.40. The third-order valence-corrected chi connectivity index (χ3v) is 2.61. The molecule has 0 unspecified atom stereocenters. The van der Waals surface area contributed by atoms with Gasteiger partial charge in [-0.1, -0.05) is 32.0 Å². The van der Waals surface area contributed by atoms with Gasteiger partial charge in [-0.2, -0.15) is 5.10 Å². The zero-order valence-electron chi connectivity index (χ0n) is 10.4. The fourth-order valence-electron chi connectivity index (χ4n) is 1.79. The van der Waals surface area contributed by atoms with Crippen LogP contribution in [0.5, 0.6) is 0 Å². The van der Waals surface area contributed by atoms with E-state index < -0.39 is 0 Å². The number of hydrogen-bond acceptors (Lipinski definition) is 2. The number of hydrogen-bond donors (Lipinski definition) is 1. The van der Waals surface area contributed by atoms with E-state index in [0.717, 1.165) is 18.8 Å². The highest BCUT2D eigenvalue weighted by Crippen LogP contribution is 2.13. The van der Waals surface area contributed by atoms with Crippen LogP contribution >= 0.6 is 0 Å². The minimum Gasteiger partial charge on any atom is -0.312 e. The summed E-state index contributed by atoms with van der Waals surface area (Å²) in [6.45, 7) is 6.35. The van der Waals surface area contributed by atoms with E-state index in [2.05, 4.69) is 42.5 Å². The molecule has 0 atom stereocenters. The lowest BCUT2D eigenvalue weighted by Crippen LogP contribution is -2.20. The van der Waals surface area contributed by atoms with Crippen LogP contribution in [0.15, 0.2) is 42.7 Å². The van der Waals surface area contributed by atoms with Crippen molar-refractivity contribution in [1.82, 2.24) is 15.1 Å². The molecule has 0 aliphatic heterocycles. The van der Waals surface area contributed by atoms with Crippen molar-refractivity contribution in [1.29, 1.82) is 0 Å². The SMILES string of the molecule is CC(C)CNCc1ccccc1-n1cccn1. The first kappa shape index (κ1) is 11.9. The number of nitrogens with zero attached hydrogens (tertiary/aromatic N) is 2. The van der Waals surface area contributed by atoms with Crippen LogP contribution in [0, 0.1) is 5.92 Å². The second-order valence-corrected chi connectivity index (χ2v) is 4.60. The molecule has 17 heavy (non-hydrogen) atoms. The summed E-state index contributed by atoms with van der Waals surface area (Å²) in [4.78, 5) is 0. The van der Waals surface area contributed by atoms with Gasteiger partial charge in [-0.15, -0.1) is 0 Å². The Bertz CT molecular complexity index is 446. The van der Waals surface area contributed by atoms with E-state index in [1.807, 2.05) is 23.0 Å². The monoisotopic (exact) mass is 229 g/mol. The Morgan fingerprint density at radius 1 is 1.24 bits per heavy atom. The molecule has 1 aromatic heterocycles. The molecule has 3 heteroatoms. The number of aromatic nitrogens is 2. The van der Waals surface area contributed by atoms with Gasteiger partial charge in [0.25, 0.3) is 0 Å². The maximum atomic E-state index is 4.28. The lowest BCUT2D eigenvalue weighted by molar-refractivity contribution is 0.551. The predicted molar refractivity (Wildman–Crippen MR) is 70.1 cm³/mol. The Kier molecular flexibility index (Phi) is 3.94. The van der Waals surface area contributed by atoms with Crippen molar-refractivity contribution in [2.45, 2.75) is 20.4 Å². The highest BCUT2D eigenvalue weighted by Gasteiger charge is 2.03. The normalized spacial score (nSPS) is 11.0. The summed E-state index contributed by atoms with van der Waals surface area (Å²) in [7, 11) is 0. The fourth-order valence-corrected chi connectivity index (χ4v) is 1.79. The van der Waals surface area contributed by atoms with Crippen LogP contribution in [0.1, 0.15) is 19.4 Å². The van der Waals surface area contributed by atoms with Crippen molar-refractivity contribution < 1.29 is 0 Å². The van der Waals surface area contributed by atoms with Crippen molar-refractivity contribution in [2.75, 3.05) is 6.54 Å². The van der Waals surface area contributed by atoms with E-state index in [0.29, 0.717) is 5.92 Å². The molecule has 0 saturated carbocycles. The first-order valence-corrected chi connectivity index (χ1v) is 6.06. The van der Waals surface area contributed by atoms with E-state index >= 15 is 0 Å². The molecule has 1 aromatic carbocycles. The zero-order valence-corrected chi connectivity index (χ0v) is 10.4. The molecule has 0 aliphatic rings. The van der Waals surface area contributed by atoms with E-state index in [4.69, 9.17) is 0 Å². The summed E-state index contributed by atoms with van der Waals surface area (Å²) >= 11 is 0. The Morgan fingerprint density at radius 2 is 2.06 bits per heavy atom. The fraction of sp³-hybridized carbons (Fsp3) is 0.357. The van der Waals surface area contributed by atoms with Crippen LogP contribution in [-0.2, 0) is 6.54 Å². The maximum absolute atomic E-state index is 4.28. The molecule has 90 valence electrons. The minimum atomic E-state index is 0.673. The van der Waals surface area contributed by atoms with Crippen LogP contribution in [0.25, 0.3) is 5.69 Å². The van der Waals surface area contributed by atoms with E-state index in [-0.39, 0.29) is 0 Å². The van der Waals surface area contributed by atoms with Crippen LogP contribution in [0.4, 0.5) is 0 Å². The van der Waals surface area contributed by atoms with Gasteiger partial charge in [0.1, 0.15) is 0 Å². The van der Waals surface area contributed by atoms with Crippen LogP contribution in [0.2, 0.25) is 0 Å². The average molecular weight is 229 g/mol. The summed E-state index contributed by atoms with van der Waals surface area (Å²) < 4.78 is 1.91. The highest BCUT2D eigenvalue weighted by atomic mass is 15.3. The Hall–Kier alpha value is -1.61. The van der Waals surface area contributed by atoms with Gasteiger partial charge in [0.15, 0.2) is 0 Å². The molecule has 0 radical (unpaired) electrons. The molecule has 2 rings (SSSR count). The maximum Gasteiger partial charge on any atom is 0.0690 e. The molecule has 3 nitrogen and oxygen atoms in total. The molecule has 1 heterocycles. The van der Waals surface area contributed by atoms with E-state index in [1.165, 1.54) is 5.56 Å². The van der Waals surface area contributed by atoms with Gasteiger partial charge < -0.3 is 5.32 Å². The molecule has 2 aromatic rings. The molecule has 0 amide bonds. The van der Waals surface area contributed by atoms with Crippen LogP contribution < -0.4 is 5.32 Å². The Morgan fingerprint density at radius 3 is 2.76 bits per heavy atom. The standard InChI is InChI=1S/C14H19N3/c1-12(2)10-15-11-13-6-3-4-7-14(13)17-9-5-8-16-17/h3-9,12,15H,10-11H2,1-2H3. The van der Waals surface area contributed by atoms with Gasteiger partial charge in [0, 0.05) is 18.9 Å². The first-order chi connectivity index (χ1) is 8.27. The summed E-state index contributed by atoms with van der Waals surface area (Å²) in [5.74, 6) is 0.673. The largest absolute Gasteiger partial charge is 0.312 e. The van der Waals surface area contributed by atoms with Gasteiger partial charge in [0.2, 0.25) is 0 Å². The van der Waals surface area contributed by atoms with Crippen molar-refractivity contribution in [2.24, 2.45) is 5.92 Å². The summed E-state index contributed by atoms with van der Waals surface area (Å²) in [6, 6.07) is 10.3. The molecule has 0 bridgehead atoms. The van der Waals surface area contributed by atoms with Gasteiger partial charge in [-0.3, -0.25) is 0 Å². The molecule has 0 spiro atoms. The van der Waals surface area contributed by atoms with Gasteiger partial charge in [0.05, 0.1) is 5.69 Å². The van der Waals surface area contributed by atoms with E-state index in [9.17, 15) is 0 Å². The van der Waals surface area contributed by atoms with E-state index in [1.54, 1.807) is 6.20 Å². The molecule has 0 saturated heterocycles. The number of nitrogens with one attached hydrogen (secondary N) is 1. The van der Waals surface area contributed by atoms with Crippen LogP contribution in [-0.4, -0.2) is 16.3 Å². The van der Waals surface area contributed by atoms with Crippen LogP contribution in [0.3, 0.4) is 0 Å². The average Bonchev–Trinajstić information content (AvgIpc) is 2.82. The molecular weight excluding hydrogens is 210 g/mol. The van der Waals surface area contributed by atoms with Crippen molar-refractivity contribution in [3.8, 4) is 5.69 Å². The predicted octanol–water partition coefficient (Wildman–Crippen LogP) is 2.62. The molecular formula is C14H19N3. The number of para-hydroxylation sites is 1. The summed E-state index contributed by atoms with van der Waals surface area (Å²) in [5, 5.41) is 7.74. The second-order valence-electron chi connectivity index (χ2n) is 4.60. The quantitative estimate of drug-likeness (QED) is 0.854. The van der Waals surface area contributed by atoms with Crippen molar-refractivity contribution in [3.63, 3.8) is 0 Å². The molecule has 0 fully saturated rings. The number of rotatable bonds is 5.